The van der Waals surface area contributed by atoms with E-state index in [0.29, 0.717) is 31.4 Å². The molecular formula is C46H43Cl2F2N7O5S2. The molecule has 0 unspecified atom stereocenters. The molecule has 4 aromatic carbocycles. The van der Waals surface area contributed by atoms with Crippen LogP contribution in [0.1, 0.15) is 64.5 Å². The molecule has 0 spiro atoms. The van der Waals surface area contributed by atoms with Crippen LogP contribution in [0.5, 0.6) is 0 Å². The first-order valence-corrected chi connectivity index (χ1v) is 20.8. The average Bonchev–Trinajstić information content (AvgIpc) is 3.46. The first-order valence-electron chi connectivity index (χ1n) is 19.3. The summed E-state index contributed by atoms with van der Waals surface area (Å²) in [5, 5.41) is 4.71. The van der Waals surface area contributed by atoms with Gasteiger partial charge in [-0.05, 0) is 111 Å². The average molecular weight is 947 g/mol. The predicted molar refractivity (Wildman–Crippen MR) is 254 cm³/mol. The van der Waals surface area contributed by atoms with Crippen molar-refractivity contribution in [1.82, 2.24) is 0 Å². The van der Waals surface area contributed by atoms with Gasteiger partial charge in [-0.3, -0.25) is 24.1 Å². The summed E-state index contributed by atoms with van der Waals surface area (Å²) >= 11 is 21.4. The molecule has 0 aliphatic carbocycles. The Balaban J connectivity index is 0.000000287. The van der Waals surface area contributed by atoms with E-state index in [1.165, 1.54) is 44.0 Å². The van der Waals surface area contributed by atoms with E-state index in [4.69, 9.17) is 55.1 Å². The molecule has 5 rings (SSSR count). The number of nitrogens with zero attached hydrogens (tertiary/aromatic N) is 6. The number of amides is 1. The fourth-order valence-corrected chi connectivity index (χ4v) is 7.02. The molecule has 1 aliphatic rings. The number of hydrogen-bond acceptors (Lipinski definition) is 9. The van der Waals surface area contributed by atoms with E-state index >= 15 is 0 Å². The topological polar surface area (TPSA) is 114 Å². The monoisotopic (exact) mass is 945 g/mol. The van der Waals surface area contributed by atoms with Crippen molar-refractivity contribution in [3.05, 3.63) is 140 Å². The number of carbonyl (C=O) groups is 3. The zero-order valence-corrected chi connectivity index (χ0v) is 38.9. The third-order valence-electron chi connectivity index (χ3n) is 9.43. The number of carbonyl (C=O) groups excluding carboxylic acids is 3. The molecule has 64 heavy (non-hydrogen) atoms. The van der Waals surface area contributed by atoms with Crippen molar-refractivity contribution in [3.8, 4) is 0 Å². The number of methoxy groups -OCH3 is 2. The number of thiocarbonyl (C=S) groups is 2. The summed E-state index contributed by atoms with van der Waals surface area (Å²) in [5.41, 5.74) is 2.07. The van der Waals surface area contributed by atoms with Crippen molar-refractivity contribution in [1.29, 1.82) is 0 Å². The van der Waals surface area contributed by atoms with Crippen LogP contribution >= 0.6 is 47.6 Å². The zero-order valence-electron chi connectivity index (χ0n) is 35.7. The van der Waals surface area contributed by atoms with Crippen LogP contribution < -0.4 is 15.1 Å². The number of isothiocyanates is 1. The van der Waals surface area contributed by atoms with Gasteiger partial charge in [-0.1, -0.05) is 59.6 Å². The molecule has 1 aliphatic heterocycles. The van der Waals surface area contributed by atoms with Crippen molar-refractivity contribution in [2.45, 2.75) is 77.4 Å². The maximum absolute atomic E-state index is 14.9. The molecule has 0 saturated carbocycles. The summed E-state index contributed by atoms with van der Waals surface area (Å²) in [7, 11) is 2.77. The molecule has 1 saturated heterocycles. The Morgan fingerprint density at radius 1 is 0.828 bits per heavy atom. The van der Waals surface area contributed by atoms with Gasteiger partial charge in [0.25, 0.3) is 11.6 Å². The first kappa shape index (κ1) is 52.0. The molecule has 1 heterocycles. The van der Waals surface area contributed by atoms with Crippen LogP contribution in [0.4, 0.5) is 42.9 Å². The highest BCUT2D eigenvalue weighted by molar-refractivity contribution is 7.81. The highest BCUT2D eigenvalue weighted by Gasteiger charge is 2.51. The Morgan fingerprint density at radius 3 is 1.78 bits per heavy atom. The van der Waals surface area contributed by atoms with Gasteiger partial charge in [0.2, 0.25) is 11.4 Å². The number of hydrogen-bond donors (Lipinski definition) is 1. The molecule has 0 atom stereocenters. The van der Waals surface area contributed by atoms with Crippen molar-refractivity contribution in [2.24, 2.45) is 4.99 Å². The van der Waals surface area contributed by atoms with Gasteiger partial charge < -0.3 is 19.7 Å². The minimum atomic E-state index is -1.07. The molecule has 18 heteroatoms. The molecule has 0 bridgehead atoms. The summed E-state index contributed by atoms with van der Waals surface area (Å²) < 4.78 is 37.3. The van der Waals surface area contributed by atoms with E-state index < -0.39 is 28.7 Å². The van der Waals surface area contributed by atoms with Gasteiger partial charge in [0, 0.05) is 38.1 Å². The zero-order chi connectivity index (χ0) is 47.8. The summed E-state index contributed by atoms with van der Waals surface area (Å²) in [6.45, 7) is 27.9. The Labute approximate surface area is 392 Å². The smallest absolute Gasteiger partial charge is 0.305 e. The minimum absolute atomic E-state index is 0.00704. The van der Waals surface area contributed by atoms with E-state index in [1.807, 2.05) is 67.5 Å². The SMILES string of the molecule is [C-]#[N+]C(C)(C)Nc1ccc(CCCC(=O)OC)cc1.[C-]#[N+]c1ccc(N2C(=O)C(C)(C)N(c3ccc(CCCC(=O)OC)cc3)C2=S)c(F)c1Cl.[C-]#[N+]c1ccc(N=C=S)c(F)c1Cl. The van der Waals surface area contributed by atoms with Gasteiger partial charge in [0.1, 0.15) is 11.2 Å². The maximum Gasteiger partial charge on any atom is 0.305 e. The van der Waals surface area contributed by atoms with Gasteiger partial charge in [0.15, 0.2) is 16.7 Å². The Kier molecular flexibility index (Phi) is 19.5. The Morgan fingerprint density at radius 2 is 1.31 bits per heavy atom. The lowest BCUT2D eigenvalue weighted by Gasteiger charge is -2.29. The van der Waals surface area contributed by atoms with E-state index in [2.05, 4.69) is 46.5 Å². The van der Waals surface area contributed by atoms with Gasteiger partial charge in [-0.2, -0.15) is 4.99 Å². The number of anilines is 3. The summed E-state index contributed by atoms with van der Waals surface area (Å²) in [6.07, 6.45) is 3.78. The Hall–Kier alpha value is -6.31. The maximum atomic E-state index is 14.9. The molecule has 1 fully saturated rings. The number of halogens is 4. The lowest BCUT2D eigenvalue weighted by atomic mass is 10.0. The number of aryl methyl sites for hydroxylation is 2. The van der Waals surface area contributed by atoms with Crippen molar-refractivity contribution in [2.75, 3.05) is 29.3 Å². The predicted octanol–water partition coefficient (Wildman–Crippen LogP) is 12.5. The second kappa shape index (κ2) is 23.9. The van der Waals surface area contributed by atoms with E-state index in [-0.39, 0.29) is 49.8 Å². The van der Waals surface area contributed by atoms with Crippen LogP contribution in [-0.4, -0.2) is 53.5 Å². The summed E-state index contributed by atoms with van der Waals surface area (Å²) in [4.78, 5) is 51.4. The number of ether oxygens (including phenoxy) is 2. The highest BCUT2D eigenvalue weighted by atomic mass is 35.5. The second-order valence-electron chi connectivity index (χ2n) is 14.7. The molecule has 0 aromatic heterocycles. The fraction of sp³-hybridized carbons (Fsp3) is 0.304. The van der Waals surface area contributed by atoms with Gasteiger partial charge in [-0.15, -0.1) is 0 Å². The van der Waals surface area contributed by atoms with Crippen molar-refractivity contribution in [3.63, 3.8) is 0 Å². The molecule has 0 radical (unpaired) electrons. The number of nitrogens with one attached hydrogen (secondary N) is 1. The standard InChI is InChI=1S/C23H21ClFN3O3S.C15H20N2O2.C8H2ClFN2S/c1-23(2)21(30)27(17-13-12-16(26-3)19(24)20(17)25)22(32)28(23)15-10-8-14(9-11-15)6-5-7-18(29)31-4;1-15(2,16-3)17-13-10-8-12(9-11-13)6-5-7-14(18)19-4;1-11-5-2-3-6(12-4-13)8(10)7(5)9/h8-13H,5-7H2,1-2,4H3;8-11,17H,5-7H2,1-2,4H3;2-3H. The molecular weight excluding hydrogens is 904 g/mol. The van der Waals surface area contributed by atoms with Gasteiger partial charge in [0.05, 0.1) is 48.3 Å². The molecule has 1 amide bonds. The number of aliphatic imine (C=N–C) groups is 1. The molecule has 12 nitrogen and oxygen atoms in total. The molecule has 4 aromatic rings. The van der Waals surface area contributed by atoms with Crippen LogP contribution in [0, 0.1) is 31.4 Å². The van der Waals surface area contributed by atoms with Gasteiger partial charge in [-0.25, -0.2) is 25.0 Å². The normalized spacial score (nSPS) is 12.5. The van der Waals surface area contributed by atoms with E-state index in [0.717, 1.165) is 29.0 Å². The first-order chi connectivity index (χ1) is 30.3. The Bertz CT molecular complexity index is 2550. The van der Waals surface area contributed by atoms with Crippen LogP contribution in [-0.2, 0) is 36.7 Å². The van der Waals surface area contributed by atoms with Crippen LogP contribution in [0.15, 0.2) is 77.8 Å². The number of rotatable bonds is 13. The lowest BCUT2D eigenvalue weighted by Crippen LogP contribution is -2.44. The second-order valence-corrected chi connectivity index (χ2v) is 16.0. The quantitative estimate of drug-likeness (QED) is 0.0606. The minimum Gasteiger partial charge on any atom is -0.469 e. The molecule has 332 valence electrons. The third-order valence-corrected chi connectivity index (χ3v) is 10.6. The van der Waals surface area contributed by atoms with Crippen LogP contribution in [0.2, 0.25) is 10.0 Å². The van der Waals surface area contributed by atoms with Crippen LogP contribution in [0.3, 0.4) is 0 Å². The lowest BCUT2D eigenvalue weighted by molar-refractivity contribution is -0.141. The summed E-state index contributed by atoms with van der Waals surface area (Å²) in [6, 6.07) is 20.8. The van der Waals surface area contributed by atoms with E-state index in [1.54, 1.807) is 18.7 Å². The largest absolute Gasteiger partial charge is 0.469 e. The van der Waals surface area contributed by atoms with Crippen molar-refractivity contribution >= 4 is 110 Å². The third kappa shape index (κ3) is 13.6. The van der Waals surface area contributed by atoms with Gasteiger partial charge >= 0.3 is 11.9 Å². The fourth-order valence-electron chi connectivity index (χ4n) is 6.01. The highest BCUT2D eigenvalue weighted by Crippen LogP contribution is 2.41. The summed E-state index contributed by atoms with van der Waals surface area (Å²) in [5.74, 6) is -2.43. The number of esters is 2. The van der Waals surface area contributed by atoms with E-state index in [9.17, 15) is 23.2 Å². The number of benzene rings is 4. The van der Waals surface area contributed by atoms with Crippen molar-refractivity contribution < 1.29 is 32.6 Å². The van der Waals surface area contributed by atoms with Crippen LogP contribution in [0.25, 0.3) is 14.5 Å². The molecule has 1 N–H and O–H groups in total.